The Morgan fingerprint density at radius 3 is 2.12 bits per heavy atom. The Labute approximate surface area is 252 Å². The summed E-state index contributed by atoms with van der Waals surface area (Å²) in [6, 6.07) is 19.7. The number of hydrogen-bond acceptors (Lipinski definition) is 5. The first-order chi connectivity index (χ1) is 19.5. The van der Waals surface area contributed by atoms with Crippen LogP contribution >= 0.6 is 23.2 Å². The molecule has 0 spiro atoms. The summed E-state index contributed by atoms with van der Waals surface area (Å²) in [4.78, 5) is 29.0. The van der Waals surface area contributed by atoms with E-state index in [0.29, 0.717) is 40.9 Å². The van der Waals surface area contributed by atoms with Gasteiger partial charge in [-0.2, -0.15) is 0 Å². The van der Waals surface area contributed by atoms with Gasteiger partial charge in [0.15, 0.2) is 0 Å². The molecule has 0 saturated heterocycles. The van der Waals surface area contributed by atoms with Crippen LogP contribution in [-0.2, 0) is 32.6 Å². The molecular weight excluding hydrogens is 585 g/mol. The quantitative estimate of drug-likeness (QED) is 0.263. The summed E-state index contributed by atoms with van der Waals surface area (Å²) < 4.78 is 32.3. The molecule has 0 aromatic heterocycles. The van der Waals surface area contributed by atoms with Gasteiger partial charge in [-0.15, -0.1) is 0 Å². The van der Waals surface area contributed by atoms with Crippen molar-refractivity contribution < 1.29 is 22.7 Å². The average Bonchev–Trinajstić information content (AvgIpc) is 2.94. The van der Waals surface area contributed by atoms with E-state index in [2.05, 4.69) is 5.32 Å². The van der Waals surface area contributed by atoms with Crippen LogP contribution in [0.3, 0.4) is 0 Å². The lowest BCUT2D eigenvalue weighted by molar-refractivity contribution is -0.140. The third-order valence-electron chi connectivity index (χ3n) is 6.33. The summed E-state index contributed by atoms with van der Waals surface area (Å²) in [6.07, 6.45) is 1.93. The van der Waals surface area contributed by atoms with Crippen LogP contribution in [0.15, 0.2) is 72.8 Å². The molecule has 8 nitrogen and oxygen atoms in total. The van der Waals surface area contributed by atoms with E-state index in [-0.39, 0.29) is 24.6 Å². The minimum atomic E-state index is -3.89. The number of benzene rings is 3. The molecule has 2 amide bonds. The molecule has 1 N–H and O–H groups in total. The number of carbonyl (C=O) groups is 2. The van der Waals surface area contributed by atoms with Gasteiger partial charge in [0.2, 0.25) is 21.8 Å². The number of carbonyl (C=O) groups excluding carboxylic acids is 2. The summed E-state index contributed by atoms with van der Waals surface area (Å²) in [6.45, 7) is 4.00. The molecule has 220 valence electrons. The Hall–Kier alpha value is -3.27. The number of halogens is 2. The first-order valence-electron chi connectivity index (χ1n) is 13.3. The van der Waals surface area contributed by atoms with E-state index >= 15 is 0 Å². The second-order valence-electron chi connectivity index (χ2n) is 9.41. The van der Waals surface area contributed by atoms with Crippen molar-refractivity contribution in [2.75, 3.05) is 30.3 Å². The summed E-state index contributed by atoms with van der Waals surface area (Å²) in [5.74, 6) is -0.381. The second kappa shape index (κ2) is 15.1. The molecule has 0 heterocycles. The highest BCUT2D eigenvalue weighted by Crippen LogP contribution is 2.28. The molecule has 0 aliphatic carbocycles. The van der Waals surface area contributed by atoms with Crippen LogP contribution < -0.4 is 14.4 Å². The highest BCUT2D eigenvalue weighted by molar-refractivity contribution is 7.92. The first kappa shape index (κ1) is 32.2. The number of ether oxygens (including phenoxy) is 1. The molecular formula is C30H35Cl2N3O5S. The van der Waals surface area contributed by atoms with Crippen molar-refractivity contribution in [3.8, 4) is 5.75 Å². The van der Waals surface area contributed by atoms with Crippen LogP contribution in [-0.4, -0.2) is 57.1 Å². The smallest absolute Gasteiger partial charge is 0.244 e. The molecule has 0 aliphatic rings. The van der Waals surface area contributed by atoms with Crippen LogP contribution in [0, 0.1) is 0 Å². The number of rotatable bonds is 14. The standard InChI is InChI=1S/C30H35Cl2N3O5S/c1-4-18-33-30(37)28(19-22-10-7-6-8-11-22)34(20-25-26(31)12-9-13-27(25)32)29(36)21-35(41(3,38)39)23-14-16-24(17-15-23)40-5-2/h6-17,28H,4-5,18-21H2,1-3H3,(H,33,37). The molecule has 3 aromatic rings. The predicted molar refractivity (Wildman–Crippen MR) is 164 cm³/mol. The van der Waals surface area contributed by atoms with Gasteiger partial charge in [-0.3, -0.25) is 13.9 Å². The predicted octanol–water partition coefficient (Wildman–Crippen LogP) is 5.32. The minimum absolute atomic E-state index is 0.102. The largest absolute Gasteiger partial charge is 0.494 e. The Balaban J connectivity index is 2.06. The SMILES string of the molecule is CCCNC(=O)C(Cc1ccccc1)N(Cc1c(Cl)cccc1Cl)C(=O)CN(c1ccc(OCC)cc1)S(C)(=O)=O. The summed E-state index contributed by atoms with van der Waals surface area (Å²) >= 11 is 13.0. The maximum absolute atomic E-state index is 14.1. The molecule has 0 bridgehead atoms. The third-order valence-corrected chi connectivity index (χ3v) is 8.17. The van der Waals surface area contributed by atoms with Crippen LogP contribution in [0.4, 0.5) is 5.69 Å². The van der Waals surface area contributed by atoms with E-state index in [1.165, 1.54) is 4.90 Å². The van der Waals surface area contributed by atoms with Crippen molar-refractivity contribution in [3.63, 3.8) is 0 Å². The summed E-state index contributed by atoms with van der Waals surface area (Å²) in [7, 11) is -3.89. The zero-order valence-electron chi connectivity index (χ0n) is 23.3. The maximum Gasteiger partial charge on any atom is 0.244 e. The van der Waals surface area contributed by atoms with Crippen molar-refractivity contribution in [1.82, 2.24) is 10.2 Å². The third kappa shape index (κ3) is 9.11. The number of hydrogen-bond donors (Lipinski definition) is 1. The van der Waals surface area contributed by atoms with Crippen LogP contribution in [0.5, 0.6) is 5.75 Å². The van der Waals surface area contributed by atoms with Crippen LogP contribution in [0.2, 0.25) is 10.0 Å². The Bertz CT molecular complexity index is 1400. The van der Waals surface area contributed by atoms with E-state index in [9.17, 15) is 18.0 Å². The lowest BCUT2D eigenvalue weighted by Gasteiger charge is -2.34. The topological polar surface area (TPSA) is 96.0 Å². The molecule has 0 fully saturated rings. The molecule has 0 saturated carbocycles. The van der Waals surface area contributed by atoms with Gasteiger partial charge in [0, 0.05) is 35.1 Å². The number of nitrogens with one attached hydrogen (secondary N) is 1. The van der Waals surface area contributed by atoms with Crippen LogP contribution in [0.25, 0.3) is 0 Å². The average molecular weight is 621 g/mol. The van der Waals surface area contributed by atoms with E-state index in [4.69, 9.17) is 27.9 Å². The Morgan fingerprint density at radius 1 is 0.927 bits per heavy atom. The van der Waals surface area contributed by atoms with Gasteiger partial charge >= 0.3 is 0 Å². The molecule has 11 heteroatoms. The fourth-order valence-corrected chi connectivity index (χ4v) is 5.63. The summed E-state index contributed by atoms with van der Waals surface area (Å²) in [5.41, 5.74) is 1.58. The van der Waals surface area contributed by atoms with E-state index in [0.717, 1.165) is 16.1 Å². The lowest BCUT2D eigenvalue weighted by atomic mass is 10.0. The van der Waals surface area contributed by atoms with Gasteiger partial charge in [-0.1, -0.05) is 66.5 Å². The zero-order chi connectivity index (χ0) is 30.0. The molecule has 41 heavy (non-hydrogen) atoms. The Morgan fingerprint density at radius 2 is 1.56 bits per heavy atom. The molecule has 1 atom stereocenters. The van der Waals surface area contributed by atoms with Gasteiger partial charge < -0.3 is 15.0 Å². The zero-order valence-corrected chi connectivity index (χ0v) is 25.7. The molecule has 0 aliphatic heterocycles. The molecule has 3 aromatic carbocycles. The molecule has 3 rings (SSSR count). The van der Waals surface area contributed by atoms with Crippen molar-refractivity contribution in [2.24, 2.45) is 0 Å². The van der Waals surface area contributed by atoms with Crippen molar-refractivity contribution in [3.05, 3.63) is 94.0 Å². The number of nitrogens with zero attached hydrogens (tertiary/aromatic N) is 2. The minimum Gasteiger partial charge on any atom is -0.494 e. The van der Waals surface area contributed by atoms with Crippen molar-refractivity contribution in [1.29, 1.82) is 0 Å². The highest BCUT2D eigenvalue weighted by atomic mass is 35.5. The number of sulfonamides is 1. The van der Waals surface area contributed by atoms with E-state index < -0.39 is 28.5 Å². The van der Waals surface area contributed by atoms with E-state index in [1.807, 2.05) is 44.2 Å². The lowest BCUT2D eigenvalue weighted by Crippen LogP contribution is -2.53. The Kier molecular flexibility index (Phi) is 11.9. The van der Waals surface area contributed by atoms with E-state index in [1.54, 1.807) is 42.5 Å². The van der Waals surface area contributed by atoms with Gasteiger partial charge in [-0.25, -0.2) is 8.42 Å². The second-order valence-corrected chi connectivity index (χ2v) is 12.1. The number of amides is 2. The molecule has 0 radical (unpaired) electrons. The first-order valence-corrected chi connectivity index (χ1v) is 15.9. The van der Waals surface area contributed by atoms with Gasteiger partial charge in [0.05, 0.1) is 18.6 Å². The molecule has 1 unspecified atom stereocenters. The highest BCUT2D eigenvalue weighted by Gasteiger charge is 2.33. The van der Waals surface area contributed by atoms with Crippen molar-refractivity contribution >= 4 is 50.7 Å². The van der Waals surface area contributed by atoms with Gasteiger partial charge in [-0.05, 0) is 55.3 Å². The fraction of sp³-hybridized carbons (Fsp3) is 0.333. The maximum atomic E-state index is 14.1. The summed E-state index contributed by atoms with van der Waals surface area (Å²) in [5, 5.41) is 3.55. The number of anilines is 1. The monoisotopic (exact) mass is 619 g/mol. The fourth-order valence-electron chi connectivity index (χ4n) is 4.26. The van der Waals surface area contributed by atoms with Gasteiger partial charge in [0.1, 0.15) is 18.3 Å². The normalized spacial score (nSPS) is 11.9. The van der Waals surface area contributed by atoms with Gasteiger partial charge in [0.25, 0.3) is 0 Å². The van der Waals surface area contributed by atoms with Crippen LogP contribution in [0.1, 0.15) is 31.4 Å². The van der Waals surface area contributed by atoms with Crippen molar-refractivity contribution in [2.45, 2.75) is 39.3 Å².